The molecule has 1 unspecified atom stereocenters. The van der Waals surface area contributed by atoms with Gasteiger partial charge in [-0.3, -0.25) is 4.79 Å². The highest BCUT2D eigenvalue weighted by Gasteiger charge is 2.15. The number of para-hydroxylation sites is 1. The Morgan fingerprint density at radius 2 is 1.77 bits per heavy atom. The van der Waals surface area contributed by atoms with E-state index < -0.39 is 10.8 Å². The van der Waals surface area contributed by atoms with Crippen LogP contribution in [-0.4, -0.2) is 48.5 Å². The second-order valence-corrected chi connectivity index (χ2v) is 9.39. The Hall–Kier alpha value is -2.26. The summed E-state index contributed by atoms with van der Waals surface area (Å²) in [5, 5.41) is 3.45. The van der Waals surface area contributed by atoms with Crippen molar-refractivity contribution in [2.75, 3.05) is 38.3 Å². The molecule has 1 atom stereocenters. The summed E-state index contributed by atoms with van der Waals surface area (Å²) in [7, 11) is 0.494. The van der Waals surface area contributed by atoms with Crippen LogP contribution in [0.2, 0.25) is 0 Å². The molecule has 7 nitrogen and oxygen atoms in total. The maximum Gasteiger partial charge on any atom is 0.162 e. The molecule has 0 radical (unpaired) electrons. The summed E-state index contributed by atoms with van der Waals surface area (Å²) < 4.78 is 30.8. The minimum Gasteiger partial charge on any atom is -0.496 e. The van der Waals surface area contributed by atoms with E-state index in [0.717, 1.165) is 44.5 Å². The molecule has 2 aromatic carbocycles. The number of hydrogen-bond donors (Lipinski definition) is 3. The molecular formula is C23H35N2O5S+. The van der Waals surface area contributed by atoms with Gasteiger partial charge in [-0.25, -0.2) is 9.27 Å². The Bertz CT molecular complexity index is 839. The molecule has 0 aliphatic carbocycles. The van der Waals surface area contributed by atoms with Crippen LogP contribution in [0.15, 0.2) is 42.5 Å². The molecule has 8 heteroatoms. The molecule has 31 heavy (non-hydrogen) atoms. The zero-order valence-corrected chi connectivity index (χ0v) is 19.4. The molecule has 0 aliphatic heterocycles. The lowest BCUT2D eigenvalue weighted by molar-refractivity contribution is 0.0979. The quantitative estimate of drug-likeness (QED) is 0.226. The van der Waals surface area contributed by atoms with Crippen LogP contribution >= 0.6 is 10.8 Å². The first-order valence-electron chi connectivity index (χ1n) is 10.4. The summed E-state index contributed by atoms with van der Waals surface area (Å²) in [6.07, 6.45) is 5.59. The van der Waals surface area contributed by atoms with Crippen LogP contribution in [0.25, 0.3) is 0 Å². The van der Waals surface area contributed by atoms with Gasteiger partial charge in [-0.1, -0.05) is 24.6 Å². The minimum atomic E-state index is -2.71. The van der Waals surface area contributed by atoms with Gasteiger partial charge in [0.25, 0.3) is 0 Å². The summed E-state index contributed by atoms with van der Waals surface area (Å²) in [4.78, 5) is 12.5. The van der Waals surface area contributed by atoms with E-state index in [1.807, 2.05) is 18.2 Å². The van der Waals surface area contributed by atoms with Gasteiger partial charge in [0.2, 0.25) is 0 Å². The summed E-state index contributed by atoms with van der Waals surface area (Å²) in [6, 6.07) is 13.1. The van der Waals surface area contributed by atoms with Crippen molar-refractivity contribution in [2.24, 2.45) is 0 Å². The van der Waals surface area contributed by atoms with Crippen molar-refractivity contribution in [1.82, 2.24) is 5.32 Å². The number of methoxy groups -OCH3 is 2. The molecule has 0 saturated heterocycles. The van der Waals surface area contributed by atoms with Gasteiger partial charge in [-0.05, 0) is 73.0 Å². The van der Waals surface area contributed by atoms with E-state index in [1.165, 1.54) is 18.9 Å². The van der Waals surface area contributed by atoms with E-state index in [-0.39, 0.29) is 5.78 Å². The fraction of sp³-hybridized carbons (Fsp3) is 0.435. The van der Waals surface area contributed by atoms with Gasteiger partial charge in [0.1, 0.15) is 17.2 Å². The van der Waals surface area contributed by atoms with Crippen molar-refractivity contribution in [1.29, 1.82) is 0 Å². The fourth-order valence-corrected chi connectivity index (χ4v) is 3.88. The Balaban J connectivity index is 1.68. The SMILES string of the molecule is COc1ccccc1CCNCCCCCC(=O)c1ccc(OC)c(NS(C)(O)[OH2+])c1. The lowest BCUT2D eigenvalue weighted by atomic mass is 10.0. The number of ketones is 1. The molecule has 0 heterocycles. The molecule has 0 bridgehead atoms. The van der Waals surface area contributed by atoms with E-state index in [4.69, 9.17) is 14.0 Å². The van der Waals surface area contributed by atoms with Gasteiger partial charge in [0.15, 0.2) is 5.78 Å². The number of benzene rings is 2. The van der Waals surface area contributed by atoms with E-state index in [1.54, 1.807) is 25.3 Å². The van der Waals surface area contributed by atoms with Gasteiger partial charge in [0, 0.05) is 12.0 Å². The predicted molar refractivity (Wildman–Crippen MR) is 129 cm³/mol. The molecular weight excluding hydrogens is 416 g/mol. The third-order valence-electron chi connectivity index (χ3n) is 4.85. The monoisotopic (exact) mass is 451 g/mol. The summed E-state index contributed by atoms with van der Waals surface area (Å²) >= 11 is 0. The number of ether oxygens (including phenoxy) is 2. The second kappa shape index (κ2) is 12.6. The van der Waals surface area contributed by atoms with Crippen LogP contribution in [-0.2, 0) is 6.42 Å². The molecule has 0 aromatic heterocycles. The van der Waals surface area contributed by atoms with Gasteiger partial charge in [0.05, 0.1) is 20.5 Å². The molecule has 172 valence electrons. The zero-order chi connectivity index (χ0) is 22.7. The highest BCUT2D eigenvalue weighted by Crippen LogP contribution is 2.38. The number of hydrogen-bond acceptors (Lipinski definition) is 6. The van der Waals surface area contributed by atoms with Crippen molar-refractivity contribution >= 4 is 22.2 Å². The first-order valence-corrected chi connectivity index (χ1v) is 12.4. The number of unbranched alkanes of at least 4 members (excludes halogenated alkanes) is 2. The van der Waals surface area contributed by atoms with Crippen molar-refractivity contribution in [3.05, 3.63) is 53.6 Å². The summed E-state index contributed by atoms with van der Waals surface area (Å²) in [5.74, 6) is 1.47. The van der Waals surface area contributed by atoms with Crippen molar-refractivity contribution < 1.29 is 23.4 Å². The summed E-state index contributed by atoms with van der Waals surface area (Å²) in [6.45, 7) is 1.81. The van der Waals surface area contributed by atoms with Crippen LogP contribution < -0.4 is 19.5 Å². The first kappa shape index (κ1) is 25.0. The van der Waals surface area contributed by atoms with Gasteiger partial charge in [-0.15, -0.1) is 0 Å². The Labute approximate surface area is 186 Å². The Kier molecular flexibility index (Phi) is 10.1. The number of nitrogens with one attached hydrogen (secondary N) is 2. The Morgan fingerprint density at radius 1 is 1.03 bits per heavy atom. The van der Waals surface area contributed by atoms with Gasteiger partial charge in [-0.2, -0.15) is 0 Å². The van der Waals surface area contributed by atoms with Crippen LogP contribution in [0.5, 0.6) is 11.5 Å². The number of rotatable bonds is 14. The molecule has 0 fully saturated rings. The van der Waals surface area contributed by atoms with Crippen LogP contribution in [0.4, 0.5) is 5.69 Å². The average molecular weight is 452 g/mol. The highest BCUT2D eigenvalue weighted by molar-refractivity contribution is 8.24. The topological polar surface area (TPSA) is 103 Å². The number of Topliss-reactive ketones (excluding diaryl/α,β-unsaturated/α-hetero) is 1. The molecule has 0 aliphatic rings. The van der Waals surface area contributed by atoms with E-state index in [0.29, 0.717) is 23.4 Å². The molecule has 0 saturated carbocycles. The highest BCUT2D eigenvalue weighted by atomic mass is 32.3. The summed E-state index contributed by atoms with van der Waals surface area (Å²) in [5.41, 5.74) is 2.22. The van der Waals surface area contributed by atoms with Crippen LogP contribution in [0.3, 0.4) is 0 Å². The van der Waals surface area contributed by atoms with Crippen LogP contribution in [0, 0.1) is 0 Å². The fourth-order valence-electron chi connectivity index (χ4n) is 3.29. The smallest absolute Gasteiger partial charge is 0.162 e. The largest absolute Gasteiger partial charge is 0.496 e. The molecule has 0 spiro atoms. The standard InChI is InChI=1S/C23H34N2O5S/c1-29-22-11-7-6-9-18(22)14-16-24-15-8-4-5-10-21(26)19-12-13-23(30-2)20(17-19)25-31(3,27)28/h6-7,9,11-13,17,24-25,27-28H,4-5,8,10,14-16H2,1-3H3/p+1. The van der Waals surface area contributed by atoms with E-state index in [2.05, 4.69) is 16.1 Å². The number of carbonyl (C=O) groups is 1. The lowest BCUT2D eigenvalue weighted by Gasteiger charge is -2.25. The maximum absolute atomic E-state index is 12.5. The van der Waals surface area contributed by atoms with Crippen LogP contribution in [0.1, 0.15) is 41.6 Å². The van der Waals surface area contributed by atoms with Crippen molar-refractivity contribution in [3.63, 3.8) is 0 Å². The molecule has 0 amide bonds. The molecule has 5 N–H and O–H groups in total. The lowest BCUT2D eigenvalue weighted by Crippen LogP contribution is -2.18. The van der Waals surface area contributed by atoms with Gasteiger partial charge >= 0.3 is 0 Å². The average Bonchev–Trinajstić information content (AvgIpc) is 2.74. The normalized spacial score (nSPS) is 13.8. The zero-order valence-electron chi connectivity index (χ0n) is 18.6. The van der Waals surface area contributed by atoms with Crippen molar-refractivity contribution in [3.8, 4) is 11.5 Å². The third kappa shape index (κ3) is 8.78. The predicted octanol–water partition coefficient (Wildman–Crippen LogP) is 4.15. The maximum atomic E-state index is 12.5. The molecule has 2 aromatic rings. The van der Waals surface area contributed by atoms with Gasteiger partial charge < -0.3 is 19.3 Å². The number of carbonyl (C=O) groups excluding carboxylic acids is 1. The minimum absolute atomic E-state index is 0.0504. The second-order valence-electron chi connectivity index (χ2n) is 7.44. The first-order chi connectivity index (χ1) is 14.8. The third-order valence-corrected chi connectivity index (χ3v) is 5.47. The number of anilines is 1. The van der Waals surface area contributed by atoms with E-state index in [9.17, 15) is 9.35 Å². The molecule has 2 rings (SSSR count). The van der Waals surface area contributed by atoms with Crippen molar-refractivity contribution in [2.45, 2.75) is 32.1 Å². The van der Waals surface area contributed by atoms with E-state index >= 15 is 0 Å². The Morgan fingerprint density at radius 3 is 2.48 bits per heavy atom.